The lowest BCUT2D eigenvalue weighted by Gasteiger charge is -2.05. The van der Waals surface area contributed by atoms with Gasteiger partial charge in [0.2, 0.25) is 0 Å². The molecule has 0 atom stereocenters. The maximum atomic E-state index is 9.09. The average molecular weight is 212 g/mol. The highest BCUT2D eigenvalue weighted by Gasteiger charge is 2.09. The fraction of sp³-hybridized carbons (Fsp3) is 0.250. The van der Waals surface area contributed by atoms with E-state index < -0.39 is 0 Å². The lowest BCUT2D eigenvalue weighted by atomic mass is 10.1. The molecule has 0 aliphatic rings. The van der Waals surface area contributed by atoms with E-state index in [1.165, 1.54) is 0 Å². The monoisotopic (exact) mass is 212 g/mol. The first-order valence-electron chi connectivity index (χ1n) is 5.03. The van der Waals surface area contributed by atoms with Gasteiger partial charge in [0.1, 0.15) is 17.7 Å². The van der Waals surface area contributed by atoms with Crippen LogP contribution in [0.3, 0.4) is 0 Å². The number of nitrogens with zero attached hydrogens (tertiary/aromatic N) is 4. The molecule has 0 saturated heterocycles. The van der Waals surface area contributed by atoms with Crippen LogP contribution in [0.15, 0.2) is 18.2 Å². The summed E-state index contributed by atoms with van der Waals surface area (Å²) in [5.74, 6) is 1.50. The third kappa shape index (κ3) is 1.68. The second-order valence-electron chi connectivity index (χ2n) is 3.75. The fourth-order valence-corrected chi connectivity index (χ4v) is 1.67. The molecule has 1 heterocycles. The van der Waals surface area contributed by atoms with Crippen molar-refractivity contribution in [1.29, 1.82) is 5.26 Å². The van der Waals surface area contributed by atoms with Crippen LogP contribution in [0.4, 0.5) is 0 Å². The van der Waals surface area contributed by atoms with Crippen molar-refractivity contribution in [2.45, 2.75) is 20.8 Å². The minimum absolute atomic E-state index is 0.619. The van der Waals surface area contributed by atoms with Crippen LogP contribution < -0.4 is 0 Å². The maximum Gasteiger partial charge on any atom is 0.148 e. The summed E-state index contributed by atoms with van der Waals surface area (Å²) in [4.78, 5) is 4.23. The Bertz CT molecular complexity index is 575. The van der Waals surface area contributed by atoms with Crippen LogP contribution >= 0.6 is 0 Å². The summed E-state index contributed by atoms with van der Waals surface area (Å²) >= 11 is 0. The van der Waals surface area contributed by atoms with E-state index in [9.17, 15) is 0 Å². The number of nitriles is 1. The summed E-state index contributed by atoms with van der Waals surface area (Å²) in [6.45, 7) is 5.68. The van der Waals surface area contributed by atoms with Gasteiger partial charge in [-0.15, -0.1) is 0 Å². The van der Waals surface area contributed by atoms with Gasteiger partial charge in [-0.3, -0.25) is 0 Å². The molecule has 0 amide bonds. The van der Waals surface area contributed by atoms with E-state index >= 15 is 0 Å². The summed E-state index contributed by atoms with van der Waals surface area (Å²) in [6.07, 6.45) is 0. The Balaban J connectivity index is 2.65. The van der Waals surface area contributed by atoms with E-state index in [-0.39, 0.29) is 0 Å². The molecule has 2 rings (SSSR count). The Morgan fingerprint density at radius 2 is 2.00 bits per heavy atom. The molecule has 0 unspecified atom stereocenters. The smallest absolute Gasteiger partial charge is 0.148 e. The molecule has 0 fully saturated rings. The Labute approximate surface area is 94.2 Å². The molecular formula is C12H12N4. The summed E-state index contributed by atoms with van der Waals surface area (Å²) < 4.78 is 1.70. The molecule has 0 aliphatic carbocycles. The molecule has 16 heavy (non-hydrogen) atoms. The van der Waals surface area contributed by atoms with Crippen LogP contribution in [0, 0.1) is 32.1 Å². The standard InChI is InChI=1S/C12H12N4/c1-8-4-5-12(11(6-8)7-13)16-10(3)14-9(2)15-16/h4-6H,1-3H3. The van der Waals surface area contributed by atoms with Crippen molar-refractivity contribution in [1.82, 2.24) is 14.8 Å². The number of benzene rings is 1. The van der Waals surface area contributed by atoms with Crippen LogP contribution in [0.25, 0.3) is 5.69 Å². The molecule has 0 N–H and O–H groups in total. The van der Waals surface area contributed by atoms with Gasteiger partial charge in [-0.25, -0.2) is 9.67 Å². The zero-order valence-corrected chi connectivity index (χ0v) is 9.52. The highest BCUT2D eigenvalue weighted by Crippen LogP contribution is 2.16. The van der Waals surface area contributed by atoms with Crippen molar-refractivity contribution in [3.05, 3.63) is 41.0 Å². The first-order valence-corrected chi connectivity index (χ1v) is 5.03. The predicted octanol–water partition coefficient (Wildman–Crippen LogP) is 2.06. The van der Waals surface area contributed by atoms with Gasteiger partial charge >= 0.3 is 0 Å². The number of hydrogen-bond donors (Lipinski definition) is 0. The molecule has 4 nitrogen and oxygen atoms in total. The van der Waals surface area contributed by atoms with Gasteiger partial charge in [-0.2, -0.15) is 10.4 Å². The molecule has 0 saturated carbocycles. The lowest BCUT2D eigenvalue weighted by molar-refractivity contribution is 0.828. The zero-order valence-electron chi connectivity index (χ0n) is 9.52. The molecule has 80 valence electrons. The largest absolute Gasteiger partial charge is 0.217 e. The third-order valence-corrected chi connectivity index (χ3v) is 2.38. The van der Waals surface area contributed by atoms with Crippen molar-refractivity contribution < 1.29 is 0 Å². The van der Waals surface area contributed by atoms with Crippen LogP contribution in [0.2, 0.25) is 0 Å². The highest BCUT2D eigenvalue weighted by molar-refractivity contribution is 5.50. The van der Waals surface area contributed by atoms with Crippen LogP contribution in [-0.4, -0.2) is 14.8 Å². The Morgan fingerprint density at radius 3 is 2.56 bits per heavy atom. The quantitative estimate of drug-likeness (QED) is 0.727. The van der Waals surface area contributed by atoms with Crippen molar-refractivity contribution in [2.75, 3.05) is 0 Å². The van der Waals surface area contributed by atoms with Gasteiger partial charge < -0.3 is 0 Å². The Morgan fingerprint density at radius 1 is 1.25 bits per heavy atom. The van der Waals surface area contributed by atoms with Crippen molar-refractivity contribution in [3.8, 4) is 11.8 Å². The number of aromatic nitrogens is 3. The molecule has 1 aromatic carbocycles. The zero-order chi connectivity index (χ0) is 11.7. The minimum atomic E-state index is 0.619. The van der Waals surface area contributed by atoms with E-state index in [2.05, 4.69) is 16.2 Å². The molecule has 0 aliphatic heterocycles. The predicted molar refractivity (Wildman–Crippen MR) is 60.3 cm³/mol. The summed E-state index contributed by atoms with van der Waals surface area (Å²) in [7, 11) is 0. The Kier molecular flexibility index (Phi) is 2.45. The van der Waals surface area contributed by atoms with Gasteiger partial charge in [0.05, 0.1) is 11.3 Å². The first-order chi connectivity index (χ1) is 7.61. The van der Waals surface area contributed by atoms with Gasteiger partial charge in [0.15, 0.2) is 0 Å². The van der Waals surface area contributed by atoms with Crippen LogP contribution in [-0.2, 0) is 0 Å². The fourth-order valence-electron chi connectivity index (χ4n) is 1.67. The first kappa shape index (κ1) is 10.4. The molecule has 2 aromatic rings. The summed E-state index contributed by atoms with van der Waals surface area (Å²) in [6, 6.07) is 7.90. The molecule has 0 spiro atoms. The van der Waals surface area contributed by atoms with Crippen LogP contribution in [0.1, 0.15) is 22.8 Å². The Hall–Kier alpha value is -2.15. The van der Waals surface area contributed by atoms with Gasteiger partial charge in [0, 0.05) is 0 Å². The normalized spacial score (nSPS) is 10.1. The molecule has 0 radical (unpaired) electrons. The van der Waals surface area contributed by atoms with Gasteiger partial charge in [-0.05, 0) is 38.5 Å². The van der Waals surface area contributed by atoms with Crippen molar-refractivity contribution in [3.63, 3.8) is 0 Å². The van der Waals surface area contributed by atoms with Crippen molar-refractivity contribution >= 4 is 0 Å². The third-order valence-electron chi connectivity index (χ3n) is 2.38. The van der Waals surface area contributed by atoms with E-state index in [1.54, 1.807) is 4.68 Å². The molecular weight excluding hydrogens is 200 g/mol. The molecule has 4 heteroatoms. The second kappa shape index (κ2) is 3.78. The summed E-state index contributed by atoms with van der Waals surface area (Å²) in [5.41, 5.74) is 2.47. The topological polar surface area (TPSA) is 54.5 Å². The SMILES string of the molecule is Cc1ccc(-n2nc(C)nc2C)c(C#N)c1. The highest BCUT2D eigenvalue weighted by atomic mass is 15.3. The average Bonchev–Trinajstić information content (AvgIpc) is 2.57. The number of hydrogen-bond acceptors (Lipinski definition) is 3. The summed E-state index contributed by atoms with van der Waals surface area (Å²) in [5, 5.41) is 13.4. The number of rotatable bonds is 1. The molecule has 1 aromatic heterocycles. The van der Waals surface area contributed by atoms with Crippen LogP contribution in [0.5, 0.6) is 0 Å². The van der Waals surface area contributed by atoms with Gasteiger partial charge in [0.25, 0.3) is 0 Å². The molecule has 0 bridgehead atoms. The van der Waals surface area contributed by atoms with E-state index in [1.807, 2.05) is 39.0 Å². The lowest BCUT2D eigenvalue weighted by Crippen LogP contribution is -2.02. The van der Waals surface area contributed by atoms with Crippen molar-refractivity contribution in [2.24, 2.45) is 0 Å². The second-order valence-corrected chi connectivity index (χ2v) is 3.75. The van der Waals surface area contributed by atoms with E-state index in [0.29, 0.717) is 11.4 Å². The van der Waals surface area contributed by atoms with E-state index in [0.717, 1.165) is 17.1 Å². The maximum absolute atomic E-state index is 9.09. The van der Waals surface area contributed by atoms with Gasteiger partial charge in [-0.1, -0.05) is 6.07 Å². The number of aryl methyl sites for hydroxylation is 3. The van der Waals surface area contributed by atoms with E-state index in [4.69, 9.17) is 5.26 Å². The minimum Gasteiger partial charge on any atom is -0.217 e.